The molecular weight excluding hydrogens is 308 g/mol. The number of carbonyl (C=O) groups is 2. The number of benzene rings is 3. The molecular formula is C23H16O2. The zero-order chi connectivity index (χ0) is 17.4. The molecule has 0 unspecified atom stereocenters. The van der Waals surface area contributed by atoms with Gasteiger partial charge >= 0.3 is 0 Å². The molecule has 25 heavy (non-hydrogen) atoms. The van der Waals surface area contributed by atoms with Crippen LogP contribution in [0.4, 0.5) is 0 Å². The summed E-state index contributed by atoms with van der Waals surface area (Å²) in [7, 11) is 0. The van der Waals surface area contributed by atoms with Gasteiger partial charge in [-0.05, 0) is 23.6 Å². The third-order valence-electron chi connectivity index (χ3n) is 4.55. The van der Waals surface area contributed by atoms with Crippen molar-refractivity contribution in [3.05, 3.63) is 107 Å². The lowest BCUT2D eigenvalue weighted by atomic mass is 9.77. The smallest absolute Gasteiger partial charge is 0.194 e. The van der Waals surface area contributed by atoms with E-state index in [9.17, 15) is 9.59 Å². The molecule has 3 aromatic carbocycles. The minimum atomic E-state index is -0.0137. The Morgan fingerprint density at radius 1 is 0.640 bits per heavy atom. The second-order valence-electron chi connectivity index (χ2n) is 6.09. The number of rotatable bonds is 2. The standard InChI is InChI=1S/C23H16O2/c1-15(24)21(16-9-3-2-4-10-16)22-17-11-5-7-13-19(17)23(25)20-14-8-6-12-18(20)22/h2-14H,1H3. The van der Waals surface area contributed by atoms with E-state index in [2.05, 4.69) is 0 Å². The van der Waals surface area contributed by atoms with Crippen LogP contribution in [-0.2, 0) is 4.79 Å². The first-order chi connectivity index (χ1) is 12.2. The van der Waals surface area contributed by atoms with Gasteiger partial charge in [0.25, 0.3) is 0 Å². The third kappa shape index (κ3) is 2.43. The van der Waals surface area contributed by atoms with E-state index >= 15 is 0 Å². The maximum atomic E-state index is 12.9. The minimum Gasteiger partial charge on any atom is -0.294 e. The fourth-order valence-electron chi connectivity index (χ4n) is 3.49. The molecule has 0 bridgehead atoms. The van der Waals surface area contributed by atoms with Crippen LogP contribution in [0.3, 0.4) is 0 Å². The van der Waals surface area contributed by atoms with E-state index in [0.717, 1.165) is 22.3 Å². The first kappa shape index (κ1) is 15.3. The molecule has 2 nitrogen and oxygen atoms in total. The van der Waals surface area contributed by atoms with Gasteiger partial charge in [-0.3, -0.25) is 9.59 Å². The van der Waals surface area contributed by atoms with Gasteiger partial charge in [0.1, 0.15) is 0 Å². The molecule has 0 radical (unpaired) electrons. The summed E-state index contributed by atoms with van der Waals surface area (Å²) in [6, 6.07) is 24.7. The predicted molar refractivity (Wildman–Crippen MR) is 99.4 cm³/mol. The molecule has 0 saturated heterocycles. The topological polar surface area (TPSA) is 34.1 Å². The largest absolute Gasteiger partial charge is 0.294 e. The summed E-state index contributed by atoms with van der Waals surface area (Å²) in [5.41, 5.74) is 5.28. The van der Waals surface area contributed by atoms with E-state index in [-0.39, 0.29) is 11.6 Å². The number of Topliss-reactive ketones (excluding diaryl/α,β-unsaturated/α-hetero) is 1. The highest BCUT2D eigenvalue weighted by Gasteiger charge is 2.29. The van der Waals surface area contributed by atoms with Crippen LogP contribution in [0.15, 0.2) is 78.9 Å². The van der Waals surface area contributed by atoms with Gasteiger partial charge < -0.3 is 0 Å². The molecule has 0 N–H and O–H groups in total. The van der Waals surface area contributed by atoms with Crippen molar-refractivity contribution < 1.29 is 9.59 Å². The van der Waals surface area contributed by atoms with Gasteiger partial charge in [0, 0.05) is 22.3 Å². The number of fused-ring (bicyclic) bond motifs is 2. The Bertz CT molecular complexity index is 975. The summed E-state index contributed by atoms with van der Waals surface area (Å²) in [5, 5.41) is 0. The summed E-state index contributed by atoms with van der Waals surface area (Å²) in [6.07, 6.45) is 0. The van der Waals surface area contributed by atoms with Crippen molar-refractivity contribution in [2.45, 2.75) is 6.92 Å². The Morgan fingerprint density at radius 2 is 1.08 bits per heavy atom. The molecule has 0 amide bonds. The number of hydrogen-bond acceptors (Lipinski definition) is 2. The van der Waals surface area contributed by atoms with Crippen LogP contribution in [-0.4, -0.2) is 11.6 Å². The second kappa shape index (κ2) is 5.99. The van der Waals surface area contributed by atoms with Crippen LogP contribution in [0, 0.1) is 0 Å². The molecule has 0 aromatic heterocycles. The fraction of sp³-hybridized carbons (Fsp3) is 0.0435. The van der Waals surface area contributed by atoms with Gasteiger partial charge in [0.15, 0.2) is 11.6 Å². The van der Waals surface area contributed by atoms with E-state index in [1.807, 2.05) is 78.9 Å². The average Bonchev–Trinajstić information content (AvgIpc) is 2.65. The minimum absolute atomic E-state index is 0.00548. The highest BCUT2D eigenvalue weighted by Crippen LogP contribution is 2.40. The molecule has 2 heteroatoms. The molecule has 0 aliphatic heterocycles. The monoisotopic (exact) mass is 324 g/mol. The Hall–Kier alpha value is -3.26. The van der Waals surface area contributed by atoms with E-state index in [0.29, 0.717) is 16.7 Å². The number of allylic oxidation sites excluding steroid dienone is 1. The number of hydrogen-bond donors (Lipinski definition) is 0. The Balaban J connectivity index is 2.16. The molecule has 0 saturated carbocycles. The van der Waals surface area contributed by atoms with Gasteiger partial charge in [-0.1, -0.05) is 78.9 Å². The zero-order valence-electron chi connectivity index (χ0n) is 13.8. The maximum Gasteiger partial charge on any atom is 0.194 e. The summed E-state index contributed by atoms with van der Waals surface area (Å²) >= 11 is 0. The average molecular weight is 324 g/mol. The SMILES string of the molecule is CC(=O)C(=C1c2ccccc2C(=O)c2ccccc21)c1ccccc1. The van der Waals surface area contributed by atoms with Gasteiger partial charge in [-0.2, -0.15) is 0 Å². The van der Waals surface area contributed by atoms with Crippen molar-refractivity contribution in [2.24, 2.45) is 0 Å². The van der Waals surface area contributed by atoms with Crippen molar-refractivity contribution >= 4 is 22.7 Å². The molecule has 0 heterocycles. The highest BCUT2D eigenvalue weighted by molar-refractivity contribution is 6.32. The molecule has 1 aliphatic rings. The Kier molecular flexibility index (Phi) is 3.66. The van der Waals surface area contributed by atoms with E-state index in [4.69, 9.17) is 0 Å². The van der Waals surface area contributed by atoms with Gasteiger partial charge in [0.2, 0.25) is 0 Å². The van der Waals surface area contributed by atoms with E-state index in [1.54, 1.807) is 6.92 Å². The first-order valence-electron chi connectivity index (χ1n) is 8.22. The molecule has 120 valence electrons. The van der Waals surface area contributed by atoms with Crippen molar-refractivity contribution in [1.82, 2.24) is 0 Å². The molecule has 3 aromatic rings. The van der Waals surface area contributed by atoms with Crippen molar-refractivity contribution in [1.29, 1.82) is 0 Å². The summed E-state index contributed by atoms with van der Waals surface area (Å²) < 4.78 is 0. The molecule has 0 spiro atoms. The summed E-state index contributed by atoms with van der Waals surface area (Å²) in [5.74, 6) is -0.00827. The molecule has 4 rings (SSSR count). The fourth-order valence-corrected chi connectivity index (χ4v) is 3.49. The molecule has 0 atom stereocenters. The van der Waals surface area contributed by atoms with Gasteiger partial charge in [0.05, 0.1) is 0 Å². The molecule has 1 aliphatic carbocycles. The van der Waals surface area contributed by atoms with E-state index in [1.165, 1.54) is 0 Å². The summed E-state index contributed by atoms with van der Waals surface area (Å²) in [4.78, 5) is 25.5. The number of carbonyl (C=O) groups excluding carboxylic acids is 2. The first-order valence-corrected chi connectivity index (χ1v) is 8.22. The van der Waals surface area contributed by atoms with Gasteiger partial charge in [-0.15, -0.1) is 0 Å². The second-order valence-corrected chi connectivity index (χ2v) is 6.09. The number of ketones is 2. The van der Waals surface area contributed by atoms with Crippen LogP contribution in [0.2, 0.25) is 0 Å². The lowest BCUT2D eigenvalue weighted by Gasteiger charge is -2.24. The van der Waals surface area contributed by atoms with Crippen LogP contribution in [0.1, 0.15) is 39.5 Å². The van der Waals surface area contributed by atoms with Crippen LogP contribution in [0.25, 0.3) is 11.1 Å². The van der Waals surface area contributed by atoms with Crippen LogP contribution < -0.4 is 0 Å². The Labute approximate surface area is 146 Å². The van der Waals surface area contributed by atoms with E-state index < -0.39 is 0 Å². The normalized spacial score (nSPS) is 12.4. The lowest BCUT2D eigenvalue weighted by molar-refractivity contribution is -0.111. The predicted octanol–water partition coefficient (Wildman–Crippen LogP) is 4.78. The van der Waals surface area contributed by atoms with Crippen LogP contribution in [0.5, 0.6) is 0 Å². The van der Waals surface area contributed by atoms with Crippen molar-refractivity contribution in [3.8, 4) is 0 Å². The Morgan fingerprint density at radius 3 is 1.56 bits per heavy atom. The lowest BCUT2D eigenvalue weighted by Crippen LogP contribution is -2.16. The highest BCUT2D eigenvalue weighted by atomic mass is 16.1. The maximum absolute atomic E-state index is 12.9. The quantitative estimate of drug-likeness (QED) is 0.497. The third-order valence-corrected chi connectivity index (χ3v) is 4.55. The zero-order valence-corrected chi connectivity index (χ0v) is 13.8. The van der Waals surface area contributed by atoms with Gasteiger partial charge in [-0.25, -0.2) is 0 Å². The molecule has 0 fully saturated rings. The van der Waals surface area contributed by atoms with Crippen molar-refractivity contribution in [3.63, 3.8) is 0 Å². The van der Waals surface area contributed by atoms with Crippen LogP contribution >= 0.6 is 0 Å². The summed E-state index contributed by atoms with van der Waals surface area (Å²) in [6.45, 7) is 1.58. The van der Waals surface area contributed by atoms with Crippen molar-refractivity contribution in [2.75, 3.05) is 0 Å².